The Labute approximate surface area is 92.8 Å². The molecular formula is C12H23NS. The van der Waals surface area contributed by atoms with E-state index in [2.05, 4.69) is 18.2 Å². The molecule has 2 heteroatoms. The van der Waals surface area contributed by atoms with Gasteiger partial charge in [0, 0.05) is 6.54 Å². The predicted octanol–water partition coefficient (Wildman–Crippen LogP) is 4.13. The number of nitrogens with zero attached hydrogens (tertiary/aromatic N) is 1. The van der Waals surface area contributed by atoms with Crippen molar-refractivity contribution >= 4 is 16.8 Å². The minimum atomic E-state index is 0.945. The SMILES string of the molecule is CC/N=C(/CCC1CCCCC1)SC. The first-order chi connectivity index (χ1) is 6.86. The number of hydrogen-bond donors (Lipinski definition) is 0. The fraction of sp³-hybridized carbons (Fsp3) is 0.917. The van der Waals surface area contributed by atoms with Crippen LogP contribution in [0.15, 0.2) is 4.99 Å². The van der Waals surface area contributed by atoms with Crippen LogP contribution in [0.1, 0.15) is 51.9 Å². The molecule has 0 amide bonds. The molecule has 0 atom stereocenters. The summed E-state index contributed by atoms with van der Waals surface area (Å²) in [6.45, 7) is 3.07. The Kier molecular flexibility index (Phi) is 6.33. The van der Waals surface area contributed by atoms with Gasteiger partial charge in [0.1, 0.15) is 0 Å². The van der Waals surface area contributed by atoms with E-state index in [-0.39, 0.29) is 0 Å². The molecule has 0 aromatic heterocycles. The second kappa shape index (κ2) is 7.33. The Morgan fingerprint density at radius 3 is 2.57 bits per heavy atom. The third-order valence-electron chi connectivity index (χ3n) is 3.06. The van der Waals surface area contributed by atoms with Crippen molar-refractivity contribution in [1.29, 1.82) is 0 Å². The Morgan fingerprint density at radius 2 is 2.00 bits per heavy atom. The second-order valence-electron chi connectivity index (χ2n) is 4.11. The molecule has 1 saturated carbocycles. The molecule has 1 fully saturated rings. The van der Waals surface area contributed by atoms with Crippen molar-refractivity contribution in [1.82, 2.24) is 0 Å². The van der Waals surface area contributed by atoms with Crippen molar-refractivity contribution < 1.29 is 0 Å². The third-order valence-corrected chi connectivity index (χ3v) is 3.87. The van der Waals surface area contributed by atoms with Crippen LogP contribution in [0, 0.1) is 5.92 Å². The van der Waals surface area contributed by atoms with E-state index < -0.39 is 0 Å². The molecule has 0 aromatic rings. The van der Waals surface area contributed by atoms with Gasteiger partial charge in [-0.15, -0.1) is 11.8 Å². The van der Waals surface area contributed by atoms with Gasteiger partial charge in [-0.25, -0.2) is 0 Å². The summed E-state index contributed by atoms with van der Waals surface area (Å²) in [4.78, 5) is 4.51. The molecule has 82 valence electrons. The van der Waals surface area contributed by atoms with E-state index in [1.807, 2.05) is 11.8 Å². The predicted molar refractivity (Wildman–Crippen MR) is 67.3 cm³/mol. The zero-order valence-electron chi connectivity index (χ0n) is 9.59. The highest BCUT2D eigenvalue weighted by atomic mass is 32.2. The number of thioether (sulfide) groups is 1. The zero-order valence-corrected chi connectivity index (χ0v) is 10.4. The van der Waals surface area contributed by atoms with Crippen molar-refractivity contribution in [2.24, 2.45) is 10.9 Å². The Hall–Kier alpha value is 0.0200. The molecule has 0 saturated heterocycles. The average molecular weight is 213 g/mol. The Bertz CT molecular complexity index is 171. The fourth-order valence-electron chi connectivity index (χ4n) is 2.23. The van der Waals surface area contributed by atoms with Crippen LogP contribution in [0.4, 0.5) is 0 Å². The van der Waals surface area contributed by atoms with E-state index in [0.29, 0.717) is 0 Å². The maximum atomic E-state index is 4.51. The summed E-state index contributed by atoms with van der Waals surface area (Å²) in [5.74, 6) is 0.998. The van der Waals surface area contributed by atoms with Crippen molar-refractivity contribution in [2.45, 2.75) is 51.9 Å². The zero-order chi connectivity index (χ0) is 10.2. The molecule has 0 spiro atoms. The molecule has 1 aliphatic rings. The molecule has 0 N–H and O–H groups in total. The summed E-state index contributed by atoms with van der Waals surface area (Å²) < 4.78 is 0. The first-order valence-electron chi connectivity index (χ1n) is 5.94. The van der Waals surface area contributed by atoms with Gasteiger partial charge in [-0.2, -0.15) is 0 Å². The highest BCUT2D eigenvalue weighted by molar-refractivity contribution is 8.13. The number of aliphatic imine (C=N–C) groups is 1. The molecule has 1 nitrogen and oxygen atoms in total. The standard InChI is InChI=1S/C12H23NS/c1-3-13-12(14-2)10-9-11-7-5-4-6-8-11/h11H,3-10H2,1-2H3/b13-12-. The lowest BCUT2D eigenvalue weighted by Crippen LogP contribution is -2.07. The summed E-state index contributed by atoms with van der Waals surface area (Å²) in [5.41, 5.74) is 0. The molecule has 0 radical (unpaired) electrons. The van der Waals surface area contributed by atoms with Crippen LogP contribution >= 0.6 is 11.8 Å². The van der Waals surface area contributed by atoms with Crippen LogP contribution < -0.4 is 0 Å². The van der Waals surface area contributed by atoms with Crippen molar-refractivity contribution in [3.05, 3.63) is 0 Å². The van der Waals surface area contributed by atoms with Gasteiger partial charge < -0.3 is 0 Å². The lowest BCUT2D eigenvalue weighted by Gasteiger charge is -2.21. The third kappa shape index (κ3) is 4.50. The van der Waals surface area contributed by atoms with Crippen molar-refractivity contribution in [2.75, 3.05) is 12.8 Å². The van der Waals surface area contributed by atoms with Crippen LogP contribution in [-0.2, 0) is 0 Å². The molecule has 14 heavy (non-hydrogen) atoms. The largest absolute Gasteiger partial charge is 0.283 e. The van der Waals surface area contributed by atoms with E-state index >= 15 is 0 Å². The van der Waals surface area contributed by atoms with Crippen LogP contribution in [0.2, 0.25) is 0 Å². The lowest BCUT2D eigenvalue weighted by molar-refractivity contribution is 0.344. The molecular weight excluding hydrogens is 190 g/mol. The van der Waals surface area contributed by atoms with Gasteiger partial charge in [0.25, 0.3) is 0 Å². The Morgan fingerprint density at radius 1 is 1.29 bits per heavy atom. The van der Waals surface area contributed by atoms with E-state index in [0.717, 1.165) is 12.5 Å². The topological polar surface area (TPSA) is 12.4 Å². The van der Waals surface area contributed by atoms with Crippen LogP contribution in [-0.4, -0.2) is 17.8 Å². The van der Waals surface area contributed by atoms with Gasteiger partial charge in [0.05, 0.1) is 5.04 Å². The maximum Gasteiger partial charge on any atom is 0.0673 e. The maximum absolute atomic E-state index is 4.51. The molecule has 0 aliphatic heterocycles. The number of hydrogen-bond acceptors (Lipinski definition) is 2. The summed E-state index contributed by atoms with van der Waals surface area (Å²) >= 11 is 1.83. The van der Waals surface area contributed by atoms with Crippen LogP contribution in [0.25, 0.3) is 0 Å². The van der Waals surface area contributed by atoms with Crippen LogP contribution in [0.5, 0.6) is 0 Å². The highest BCUT2D eigenvalue weighted by Gasteiger charge is 2.13. The monoisotopic (exact) mass is 213 g/mol. The van der Waals surface area contributed by atoms with Gasteiger partial charge in [-0.1, -0.05) is 32.1 Å². The molecule has 1 rings (SSSR count). The van der Waals surface area contributed by atoms with Gasteiger partial charge in [0.2, 0.25) is 0 Å². The summed E-state index contributed by atoms with van der Waals surface area (Å²) in [5, 5.41) is 1.36. The van der Waals surface area contributed by atoms with Gasteiger partial charge in [-0.05, 0) is 31.9 Å². The number of rotatable bonds is 4. The minimum Gasteiger partial charge on any atom is -0.283 e. The van der Waals surface area contributed by atoms with Gasteiger partial charge in [0.15, 0.2) is 0 Å². The van der Waals surface area contributed by atoms with Crippen molar-refractivity contribution in [3.63, 3.8) is 0 Å². The first-order valence-corrected chi connectivity index (χ1v) is 7.16. The van der Waals surface area contributed by atoms with Gasteiger partial charge >= 0.3 is 0 Å². The normalized spacial score (nSPS) is 20.0. The highest BCUT2D eigenvalue weighted by Crippen LogP contribution is 2.28. The molecule has 1 aliphatic carbocycles. The molecule has 0 bridgehead atoms. The first kappa shape index (κ1) is 12.1. The van der Waals surface area contributed by atoms with E-state index in [1.165, 1.54) is 50.0 Å². The van der Waals surface area contributed by atoms with E-state index in [4.69, 9.17) is 0 Å². The fourth-order valence-corrected chi connectivity index (χ4v) is 2.81. The van der Waals surface area contributed by atoms with Crippen LogP contribution in [0.3, 0.4) is 0 Å². The smallest absolute Gasteiger partial charge is 0.0673 e. The molecule has 0 unspecified atom stereocenters. The van der Waals surface area contributed by atoms with E-state index in [9.17, 15) is 0 Å². The quantitative estimate of drug-likeness (QED) is 0.505. The molecule has 0 aromatic carbocycles. The minimum absolute atomic E-state index is 0.945. The summed E-state index contributed by atoms with van der Waals surface area (Å²) in [6, 6.07) is 0. The lowest BCUT2D eigenvalue weighted by atomic mass is 9.86. The van der Waals surface area contributed by atoms with E-state index in [1.54, 1.807) is 0 Å². The molecule has 0 heterocycles. The summed E-state index contributed by atoms with van der Waals surface area (Å²) in [6.07, 6.45) is 12.1. The summed E-state index contributed by atoms with van der Waals surface area (Å²) in [7, 11) is 0. The average Bonchev–Trinajstić information content (AvgIpc) is 2.25. The second-order valence-corrected chi connectivity index (χ2v) is 4.99. The Balaban J connectivity index is 2.20. The van der Waals surface area contributed by atoms with Crippen molar-refractivity contribution in [3.8, 4) is 0 Å². The van der Waals surface area contributed by atoms with Gasteiger partial charge in [-0.3, -0.25) is 4.99 Å².